The first kappa shape index (κ1) is 14.6. The molecule has 20 heavy (non-hydrogen) atoms. The Bertz CT molecular complexity index is 502. The molecule has 0 amide bonds. The number of carboxylic acid groups (broad SMARTS) is 1. The maximum absolute atomic E-state index is 11.8. The molecule has 110 valence electrons. The molecule has 1 saturated heterocycles. The lowest BCUT2D eigenvalue weighted by Gasteiger charge is -2.23. The number of anilines is 1. The molecule has 0 saturated carbocycles. The molecule has 1 N–H and O–H groups in total. The van der Waals surface area contributed by atoms with Crippen LogP contribution in [0.25, 0.3) is 0 Å². The van der Waals surface area contributed by atoms with Gasteiger partial charge in [-0.1, -0.05) is 12.8 Å². The lowest BCUT2D eigenvalue weighted by atomic mass is 10.2. The first-order chi connectivity index (χ1) is 9.66. The van der Waals surface area contributed by atoms with E-state index in [4.69, 9.17) is 5.11 Å². The van der Waals surface area contributed by atoms with E-state index in [1.54, 1.807) is 10.6 Å². The van der Waals surface area contributed by atoms with Gasteiger partial charge in [-0.2, -0.15) is 0 Å². The van der Waals surface area contributed by atoms with Crippen LogP contribution >= 0.6 is 0 Å². The monoisotopic (exact) mass is 278 g/mol. The number of hydrogen-bond acceptors (Lipinski definition) is 3. The highest BCUT2D eigenvalue weighted by atomic mass is 16.4. The fourth-order valence-electron chi connectivity index (χ4n) is 2.61. The SMILES string of the molecule is O=C(O)CCCn1cc(N2CCCCCC2)ccc1=O. The number of aromatic nitrogens is 1. The predicted molar refractivity (Wildman–Crippen MR) is 78.3 cm³/mol. The minimum absolute atomic E-state index is 0.0611. The van der Waals surface area contributed by atoms with Crippen LogP contribution in [-0.4, -0.2) is 28.7 Å². The number of carbonyl (C=O) groups is 1. The molecule has 0 aliphatic carbocycles. The number of pyridine rings is 1. The van der Waals surface area contributed by atoms with Crippen LogP contribution in [0, 0.1) is 0 Å². The van der Waals surface area contributed by atoms with Gasteiger partial charge < -0.3 is 14.6 Å². The zero-order valence-electron chi connectivity index (χ0n) is 11.8. The maximum Gasteiger partial charge on any atom is 0.303 e. The molecule has 1 aromatic heterocycles. The first-order valence-corrected chi connectivity index (χ1v) is 7.34. The summed E-state index contributed by atoms with van der Waals surface area (Å²) >= 11 is 0. The predicted octanol–water partition coefficient (Wildman–Crippen LogP) is 2.09. The molecule has 1 aliphatic rings. The van der Waals surface area contributed by atoms with Gasteiger partial charge in [-0.05, 0) is 25.3 Å². The minimum atomic E-state index is -0.818. The Morgan fingerprint density at radius 2 is 1.85 bits per heavy atom. The van der Waals surface area contributed by atoms with Gasteiger partial charge in [0.2, 0.25) is 0 Å². The second-order valence-corrected chi connectivity index (χ2v) is 5.32. The third-order valence-electron chi connectivity index (χ3n) is 3.73. The molecule has 1 aromatic rings. The normalized spacial score (nSPS) is 15.9. The number of rotatable bonds is 5. The fraction of sp³-hybridized carbons (Fsp3) is 0.600. The van der Waals surface area contributed by atoms with E-state index < -0.39 is 5.97 Å². The van der Waals surface area contributed by atoms with Crippen LogP contribution in [0.5, 0.6) is 0 Å². The van der Waals surface area contributed by atoms with Gasteiger partial charge in [-0.25, -0.2) is 0 Å². The number of aliphatic carboxylic acids is 1. The summed E-state index contributed by atoms with van der Waals surface area (Å²) in [6.07, 6.45) is 7.38. The average molecular weight is 278 g/mol. The van der Waals surface area contributed by atoms with Crippen molar-refractivity contribution in [3.05, 3.63) is 28.7 Å². The Hall–Kier alpha value is -1.78. The summed E-state index contributed by atoms with van der Waals surface area (Å²) in [5.41, 5.74) is 1.01. The van der Waals surface area contributed by atoms with Gasteiger partial charge in [-0.3, -0.25) is 9.59 Å². The summed E-state index contributed by atoms with van der Waals surface area (Å²) in [5.74, 6) is -0.818. The van der Waals surface area contributed by atoms with E-state index in [-0.39, 0.29) is 12.0 Å². The number of carboxylic acids is 1. The average Bonchev–Trinajstić information content (AvgIpc) is 2.69. The van der Waals surface area contributed by atoms with Crippen molar-refractivity contribution in [2.75, 3.05) is 18.0 Å². The van der Waals surface area contributed by atoms with E-state index in [0.717, 1.165) is 18.8 Å². The van der Waals surface area contributed by atoms with E-state index in [0.29, 0.717) is 13.0 Å². The Kier molecular flexibility index (Phi) is 5.21. The summed E-state index contributed by atoms with van der Waals surface area (Å²) in [5, 5.41) is 8.65. The molecule has 1 aliphatic heterocycles. The summed E-state index contributed by atoms with van der Waals surface area (Å²) in [6.45, 7) is 2.54. The molecule has 0 bridgehead atoms. The lowest BCUT2D eigenvalue weighted by Crippen LogP contribution is -2.27. The molecule has 0 aromatic carbocycles. The maximum atomic E-state index is 11.8. The van der Waals surface area contributed by atoms with Crippen LogP contribution in [0.4, 0.5) is 5.69 Å². The van der Waals surface area contributed by atoms with Crippen molar-refractivity contribution in [2.24, 2.45) is 0 Å². The van der Waals surface area contributed by atoms with Gasteiger partial charge in [0.05, 0.1) is 5.69 Å². The van der Waals surface area contributed by atoms with Gasteiger partial charge in [-0.15, -0.1) is 0 Å². The van der Waals surface area contributed by atoms with Gasteiger partial charge >= 0.3 is 5.97 Å². The molecule has 0 spiro atoms. The third-order valence-corrected chi connectivity index (χ3v) is 3.73. The van der Waals surface area contributed by atoms with E-state index in [2.05, 4.69) is 4.90 Å². The summed E-state index contributed by atoms with van der Waals surface area (Å²) in [4.78, 5) is 24.6. The second-order valence-electron chi connectivity index (χ2n) is 5.32. The van der Waals surface area contributed by atoms with Crippen LogP contribution in [-0.2, 0) is 11.3 Å². The lowest BCUT2D eigenvalue weighted by molar-refractivity contribution is -0.137. The Labute approximate surface area is 118 Å². The van der Waals surface area contributed by atoms with Crippen molar-refractivity contribution in [3.63, 3.8) is 0 Å². The van der Waals surface area contributed by atoms with Crippen molar-refractivity contribution in [2.45, 2.75) is 45.1 Å². The molecular formula is C15H22N2O3. The van der Waals surface area contributed by atoms with Gasteiger partial charge in [0, 0.05) is 38.3 Å². The quantitative estimate of drug-likeness (QED) is 0.896. The fourth-order valence-corrected chi connectivity index (χ4v) is 2.61. The standard InChI is InChI=1S/C15H22N2O3/c18-14-8-7-13(16-9-3-1-2-4-10-16)12-17(14)11-5-6-15(19)20/h7-8,12H,1-6,9-11H2,(H,19,20). The molecule has 2 rings (SSSR count). The van der Waals surface area contributed by atoms with Crippen molar-refractivity contribution >= 4 is 11.7 Å². The molecule has 0 unspecified atom stereocenters. The van der Waals surface area contributed by atoms with E-state index in [1.165, 1.54) is 25.7 Å². The molecular weight excluding hydrogens is 256 g/mol. The van der Waals surface area contributed by atoms with Gasteiger partial charge in [0.15, 0.2) is 0 Å². The van der Waals surface area contributed by atoms with Crippen molar-refractivity contribution < 1.29 is 9.90 Å². The minimum Gasteiger partial charge on any atom is -0.481 e. The number of nitrogens with zero attached hydrogens (tertiary/aromatic N) is 2. The molecule has 1 fully saturated rings. The molecule has 0 atom stereocenters. The Morgan fingerprint density at radius 3 is 2.50 bits per heavy atom. The number of aryl methyl sites for hydroxylation is 1. The van der Waals surface area contributed by atoms with E-state index >= 15 is 0 Å². The highest BCUT2D eigenvalue weighted by Crippen LogP contribution is 2.18. The molecule has 2 heterocycles. The van der Waals surface area contributed by atoms with Crippen LogP contribution in [0.15, 0.2) is 23.1 Å². The van der Waals surface area contributed by atoms with Gasteiger partial charge in [0.1, 0.15) is 0 Å². The van der Waals surface area contributed by atoms with Crippen molar-refractivity contribution in [1.82, 2.24) is 4.57 Å². The first-order valence-electron chi connectivity index (χ1n) is 7.34. The molecule has 0 radical (unpaired) electrons. The largest absolute Gasteiger partial charge is 0.481 e. The van der Waals surface area contributed by atoms with Crippen LogP contribution in [0.1, 0.15) is 38.5 Å². The molecule has 5 heteroatoms. The Morgan fingerprint density at radius 1 is 1.15 bits per heavy atom. The topological polar surface area (TPSA) is 62.5 Å². The Balaban J connectivity index is 2.06. The summed E-state index contributed by atoms with van der Waals surface area (Å²) < 4.78 is 1.63. The number of hydrogen-bond donors (Lipinski definition) is 1. The van der Waals surface area contributed by atoms with Crippen molar-refractivity contribution in [1.29, 1.82) is 0 Å². The van der Waals surface area contributed by atoms with E-state index in [1.807, 2.05) is 12.3 Å². The van der Waals surface area contributed by atoms with Crippen LogP contribution < -0.4 is 10.5 Å². The van der Waals surface area contributed by atoms with Crippen LogP contribution in [0.3, 0.4) is 0 Å². The summed E-state index contributed by atoms with van der Waals surface area (Å²) in [7, 11) is 0. The second kappa shape index (κ2) is 7.12. The highest BCUT2D eigenvalue weighted by Gasteiger charge is 2.11. The third kappa shape index (κ3) is 4.11. The zero-order chi connectivity index (χ0) is 14.4. The zero-order valence-corrected chi connectivity index (χ0v) is 11.8. The van der Waals surface area contributed by atoms with Crippen LogP contribution in [0.2, 0.25) is 0 Å². The summed E-state index contributed by atoms with van der Waals surface area (Å²) in [6, 6.07) is 3.46. The highest BCUT2D eigenvalue weighted by molar-refractivity contribution is 5.66. The molecule has 5 nitrogen and oxygen atoms in total. The smallest absolute Gasteiger partial charge is 0.303 e. The van der Waals surface area contributed by atoms with Crippen molar-refractivity contribution in [3.8, 4) is 0 Å². The van der Waals surface area contributed by atoms with E-state index in [9.17, 15) is 9.59 Å². The van der Waals surface area contributed by atoms with Gasteiger partial charge in [0.25, 0.3) is 5.56 Å².